The number of rotatable bonds is 4. The number of carbonyl (C=O) groups is 2. The lowest BCUT2D eigenvalue weighted by molar-refractivity contribution is -0.138. The number of nitrogens with zero attached hydrogens (tertiary/aromatic N) is 3. The van der Waals surface area contributed by atoms with Crippen molar-refractivity contribution in [3.8, 4) is 6.07 Å². The molecule has 2 aromatic rings. The van der Waals surface area contributed by atoms with Gasteiger partial charge in [-0.25, -0.2) is 4.79 Å². The van der Waals surface area contributed by atoms with Crippen LogP contribution in [0, 0.1) is 11.3 Å². The Morgan fingerprint density at radius 3 is 2.30 bits per heavy atom. The van der Waals surface area contributed by atoms with Crippen LogP contribution in [0.1, 0.15) is 36.0 Å². The lowest BCUT2D eigenvalue weighted by Gasteiger charge is -2.43. The molecule has 6 nitrogen and oxygen atoms in total. The van der Waals surface area contributed by atoms with Crippen molar-refractivity contribution in [2.45, 2.75) is 31.0 Å². The molecule has 33 heavy (non-hydrogen) atoms. The van der Waals surface area contributed by atoms with Crippen LogP contribution in [0.15, 0.2) is 48.5 Å². The smallest absolute Gasteiger partial charge is 0.417 e. The fourth-order valence-electron chi connectivity index (χ4n) is 4.11. The van der Waals surface area contributed by atoms with Gasteiger partial charge in [0, 0.05) is 11.8 Å². The summed E-state index contributed by atoms with van der Waals surface area (Å²) in [6, 6.07) is 11.3. The van der Waals surface area contributed by atoms with Crippen LogP contribution in [-0.2, 0) is 15.8 Å². The predicted molar refractivity (Wildman–Crippen MR) is 118 cm³/mol. The zero-order valence-electron chi connectivity index (χ0n) is 17.0. The van der Waals surface area contributed by atoms with E-state index in [0.717, 1.165) is 29.5 Å². The molecule has 1 amide bonds. The van der Waals surface area contributed by atoms with Gasteiger partial charge in [-0.15, -0.1) is 0 Å². The van der Waals surface area contributed by atoms with Gasteiger partial charge >= 0.3 is 12.1 Å². The molecule has 0 aromatic heterocycles. The van der Waals surface area contributed by atoms with Crippen molar-refractivity contribution < 1.29 is 27.9 Å². The minimum absolute atomic E-state index is 0.0476. The lowest BCUT2D eigenvalue weighted by atomic mass is 9.75. The third-order valence-corrected chi connectivity index (χ3v) is 6.21. The van der Waals surface area contributed by atoms with Crippen molar-refractivity contribution in [2.75, 3.05) is 9.80 Å². The molecule has 1 aliphatic carbocycles. The number of aliphatic carboxylic acids is 1. The summed E-state index contributed by atoms with van der Waals surface area (Å²) in [6.07, 6.45) is -0.604. The quantitative estimate of drug-likeness (QED) is 0.513. The Balaban J connectivity index is 1.74. The summed E-state index contributed by atoms with van der Waals surface area (Å²) in [4.78, 5) is 26.9. The van der Waals surface area contributed by atoms with Gasteiger partial charge in [0.05, 0.1) is 22.9 Å². The normalized spacial score (nSPS) is 17.5. The number of carboxylic acid groups (broad SMARTS) is 1. The van der Waals surface area contributed by atoms with Crippen LogP contribution < -0.4 is 9.80 Å². The van der Waals surface area contributed by atoms with Crippen LogP contribution in [0.3, 0.4) is 0 Å². The van der Waals surface area contributed by atoms with Gasteiger partial charge in [0.2, 0.25) is 0 Å². The summed E-state index contributed by atoms with van der Waals surface area (Å²) in [5.41, 5.74) is -1.50. The van der Waals surface area contributed by atoms with E-state index in [1.165, 1.54) is 18.2 Å². The van der Waals surface area contributed by atoms with E-state index in [1.807, 2.05) is 0 Å². The van der Waals surface area contributed by atoms with E-state index in [2.05, 4.69) is 0 Å². The van der Waals surface area contributed by atoms with E-state index in [9.17, 15) is 22.8 Å². The zero-order valence-corrected chi connectivity index (χ0v) is 17.8. The molecule has 1 N–H and O–H groups in total. The Hall–Kier alpha value is -3.71. The third kappa shape index (κ3) is 3.74. The summed E-state index contributed by atoms with van der Waals surface area (Å²) >= 11 is 5.56. The SMILES string of the molecule is N#Cc1ccc(N2C(=O)C3(CCC3)N(c3ccc(/C=C/C(=O)O)cc3)C2=S)cc1C(F)(F)F. The molecule has 0 radical (unpaired) electrons. The Kier molecular flexibility index (Phi) is 5.46. The van der Waals surface area contributed by atoms with E-state index in [1.54, 1.807) is 29.2 Å². The number of alkyl halides is 3. The van der Waals surface area contributed by atoms with E-state index < -0.39 is 34.7 Å². The lowest BCUT2D eigenvalue weighted by Crippen LogP contribution is -2.55. The van der Waals surface area contributed by atoms with Gasteiger partial charge < -0.3 is 10.0 Å². The van der Waals surface area contributed by atoms with Crippen LogP contribution in [0.5, 0.6) is 0 Å². The molecular formula is C23H16F3N3O3S. The largest absolute Gasteiger partial charge is 0.478 e. The molecule has 1 heterocycles. The zero-order chi connectivity index (χ0) is 24.0. The van der Waals surface area contributed by atoms with Crippen molar-refractivity contribution in [1.82, 2.24) is 0 Å². The second-order valence-electron chi connectivity index (χ2n) is 7.75. The average molecular weight is 471 g/mol. The number of hydrogen-bond donors (Lipinski definition) is 1. The standard InChI is InChI=1S/C23H16F3N3O3S/c24-23(25,26)18-12-17(8-5-15(18)13-27)28-20(32)22(10-1-11-22)29(21(28)33)16-6-2-14(3-7-16)4-9-19(30)31/h2-9,12H,1,10-11H2,(H,30,31)/b9-4+. The Morgan fingerprint density at radius 2 is 1.79 bits per heavy atom. The van der Waals surface area contributed by atoms with Crippen LogP contribution in [-0.4, -0.2) is 27.6 Å². The number of carbonyl (C=O) groups excluding carboxylic acids is 1. The summed E-state index contributed by atoms with van der Waals surface area (Å²) in [5.74, 6) is -1.50. The number of hydrogen-bond acceptors (Lipinski definition) is 4. The molecule has 10 heteroatoms. The molecule has 4 rings (SSSR count). The summed E-state index contributed by atoms with van der Waals surface area (Å²) in [6.45, 7) is 0. The molecule has 2 aromatic carbocycles. The highest BCUT2D eigenvalue weighted by Gasteiger charge is 2.59. The van der Waals surface area contributed by atoms with Crippen molar-refractivity contribution in [3.05, 3.63) is 65.2 Å². The number of benzene rings is 2. The minimum atomic E-state index is -4.77. The second-order valence-corrected chi connectivity index (χ2v) is 8.11. The summed E-state index contributed by atoms with van der Waals surface area (Å²) in [7, 11) is 0. The van der Waals surface area contributed by atoms with Gasteiger partial charge in [0.1, 0.15) is 5.54 Å². The van der Waals surface area contributed by atoms with Crippen LogP contribution >= 0.6 is 12.2 Å². The van der Waals surface area contributed by atoms with E-state index in [4.69, 9.17) is 22.6 Å². The van der Waals surface area contributed by atoms with Crippen molar-refractivity contribution in [3.63, 3.8) is 0 Å². The number of amides is 1. The van der Waals surface area contributed by atoms with Crippen LogP contribution in [0.25, 0.3) is 6.08 Å². The van der Waals surface area contributed by atoms with Crippen LogP contribution in [0.4, 0.5) is 24.5 Å². The first kappa shape index (κ1) is 22.5. The number of halogens is 3. The molecular weight excluding hydrogens is 455 g/mol. The summed E-state index contributed by atoms with van der Waals surface area (Å²) < 4.78 is 40.4. The fourth-order valence-corrected chi connectivity index (χ4v) is 4.58. The molecule has 2 fully saturated rings. The maximum Gasteiger partial charge on any atom is 0.417 e. The number of thiocarbonyl (C=S) groups is 1. The van der Waals surface area contributed by atoms with Gasteiger partial charge in [0.15, 0.2) is 5.11 Å². The molecule has 168 valence electrons. The molecule has 1 saturated heterocycles. The molecule has 2 aliphatic rings. The molecule has 0 bridgehead atoms. The number of carboxylic acids is 1. The van der Waals surface area contributed by atoms with E-state index >= 15 is 0 Å². The average Bonchev–Trinajstić information content (AvgIpc) is 2.98. The van der Waals surface area contributed by atoms with Crippen LogP contribution in [0.2, 0.25) is 0 Å². The molecule has 1 saturated carbocycles. The number of nitriles is 1. The maximum atomic E-state index is 13.5. The van der Waals surface area contributed by atoms with Gasteiger partial charge in [-0.3, -0.25) is 9.69 Å². The Bertz CT molecular complexity index is 1230. The topological polar surface area (TPSA) is 84.6 Å². The van der Waals surface area contributed by atoms with Crippen molar-refractivity contribution in [2.24, 2.45) is 0 Å². The van der Waals surface area contributed by atoms with Gasteiger partial charge in [-0.05, 0) is 73.5 Å². The first-order valence-corrected chi connectivity index (χ1v) is 10.3. The van der Waals surface area contributed by atoms with Gasteiger partial charge in [-0.1, -0.05) is 12.1 Å². The van der Waals surface area contributed by atoms with E-state index in [-0.39, 0.29) is 10.8 Å². The monoisotopic (exact) mass is 471 g/mol. The first-order valence-electron chi connectivity index (χ1n) is 9.90. The first-order chi connectivity index (χ1) is 15.6. The third-order valence-electron chi connectivity index (χ3n) is 5.85. The predicted octanol–water partition coefficient (Wildman–Crippen LogP) is 4.74. The minimum Gasteiger partial charge on any atom is -0.478 e. The molecule has 1 aliphatic heterocycles. The molecule has 1 spiro atoms. The maximum absolute atomic E-state index is 13.5. The Labute approximate surface area is 192 Å². The fraction of sp³-hybridized carbons (Fsp3) is 0.217. The van der Waals surface area contributed by atoms with Crippen molar-refractivity contribution in [1.29, 1.82) is 5.26 Å². The van der Waals surface area contributed by atoms with Gasteiger partial charge in [0.25, 0.3) is 5.91 Å². The van der Waals surface area contributed by atoms with Gasteiger partial charge in [-0.2, -0.15) is 18.4 Å². The summed E-state index contributed by atoms with van der Waals surface area (Å²) in [5, 5.41) is 17.9. The van der Waals surface area contributed by atoms with Crippen molar-refractivity contribution >= 4 is 46.7 Å². The highest BCUT2D eigenvalue weighted by Crippen LogP contribution is 2.48. The molecule has 0 atom stereocenters. The van der Waals surface area contributed by atoms with E-state index in [0.29, 0.717) is 24.1 Å². The Morgan fingerprint density at radius 1 is 1.15 bits per heavy atom. The molecule has 0 unspecified atom stereocenters. The highest BCUT2D eigenvalue weighted by molar-refractivity contribution is 7.81. The highest BCUT2D eigenvalue weighted by atomic mass is 32.1. The number of anilines is 2. The second kappa shape index (κ2) is 8.01.